The molecule has 1 amide bonds. The number of ether oxygens (including phenoxy) is 4. The van der Waals surface area contributed by atoms with Crippen LogP contribution in [0.2, 0.25) is 0 Å². The molecule has 12 unspecified atom stereocenters. The second-order valence-electron chi connectivity index (χ2n) is 30.6. The third-order valence-electron chi connectivity index (χ3n) is 21.2. The SMILES string of the molecule is CC/C=C\C/C=C\C/C=C\C/C=C\C/C=C\C/C=C\CCCCCCCCCCCCCCCCCCCCC(=O)NC(COC1OC(CO)C(OC2OC(CO)C(O)C(O)C2O)C(O)C1O)C(O)CCCCCCCCCCCCCCCCCCCCCCCCCCCCCCCCCC. The van der Waals surface area contributed by atoms with E-state index in [-0.39, 0.29) is 12.5 Å². The third kappa shape index (κ3) is 54.6. The van der Waals surface area contributed by atoms with Gasteiger partial charge in [0, 0.05) is 6.42 Å². The summed E-state index contributed by atoms with van der Waals surface area (Å²) in [5, 5.41) is 88.0. The molecule has 2 heterocycles. The lowest BCUT2D eigenvalue weighted by molar-refractivity contribution is -0.359. The van der Waals surface area contributed by atoms with Gasteiger partial charge >= 0.3 is 0 Å². The molecule has 0 aromatic carbocycles. The normalized spacial score (nSPS) is 21.9. The molecule has 2 rings (SSSR count). The van der Waals surface area contributed by atoms with Gasteiger partial charge in [0.1, 0.15) is 48.8 Å². The van der Waals surface area contributed by atoms with Crippen molar-refractivity contribution in [2.24, 2.45) is 0 Å². The Kier molecular flexibility index (Phi) is 67.7. The van der Waals surface area contributed by atoms with E-state index in [1.807, 2.05) is 0 Å². The number of allylic oxidation sites excluding steroid dienone is 12. The summed E-state index contributed by atoms with van der Waals surface area (Å²) in [6, 6.07) is -0.833. The lowest BCUT2D eigenvalue weighted by atomic mass is 9.97. The second kappa shape index (κ2) is 72.3. The third-order valence-corrected chi connectivity index (χ3v) is 21.2. The first-order valence-corrected chi connectivity index (χ1v) is 43.7. The van der Waals surface area contributed by atoms with E-state index in [0.717, 1.165) is 89.9 Å². The maximum Gasteiger partial charge on any atom is 0.220 e. The molecule has 0 radical (unpaired) electrons. The Morgan fingerprint density at radius 3 is 1.03 bits per heavy atom. The number of hydrogen-bond acceptors (Lipinski definition) is 13. The molecular formula is C89H163NO13. The van der Waals surface area contributed by atoms with Crippen molar-refractivity contribution in [2.45, 2.75) is 466 Å². The maximum absolute atomic E-state index is 13.4. The Hall–Kier alpha value is -2.57. The zero-order valence-corrected chi connectivity index (χ0v) is 66.3. The minimum atomic E-state index is -1.79. The van der Waals surface area contributed by atoms with Gasteiger partial charge < -0.3 is 65.1 Å². The fourth-order valence-corrected chi connectivity index (χ4v) is 14.4. The zero-order valence-electron chi connectivity index (χ0n) is 66.3. The maximum atomic E-state index is 13.4. The van der Waals surface area contributed by atoms with Gasteiger partial charge in [0.2, 0.25) is 5.91 Å². The molecule has 9 N–H and O–H groups in total. The Balaban J connectivity index is 1.57. The molecule has 0 saturated carbocycles. The number of rotatable bonds is 74. The Morgan fingerprint density at radius 2 is 0.670 bits per heavy atom. The van der Waals surface area contributed by atoms with E-state index in [4.69, 9.17) is 18.9 Å². The predicted octanol–water partition coefficient (Wildman–Crippen LogP) is 20.9. The highest BCUT2D eigenvalue weighted by Crippen LogP contribution is 2.31. The predicted molar refractivity (Wildman–Crippen MR) is 429 cm³/mol. The minimum absolute atomic E-state index is 0.200. The van der Waals surface area contributed by atoms with Crippen LogP contribution < -0.4 is 5.32 Å². The number of amides is 1. The highest BCUT2D eigenvalue weighted by Gasteiger charge is 2.51. The van der Waals surface area contributed by atoms with Crippen LogP contribution in [0.5, 0.6) is 0 Å². The molecule has 14 heteroatoms. The van der Waals surface area contributed by atoms with Crippen molar-refractivity contribution in [3.63, 3.8) is 0 Å². The number of aliphatic hydroxyl groups excluding tert-OH is 8. The monoisotopic (exact) mass is 1450 g/mol. The first kappa shape index (κ1) is 96.5. The van der Waals surface area contributed by atoms with E-state index < -0.39 is 86.8 Å². The van der Waals surface area contributed by atoms with Gasteiger partial charge in [0.05, 0.1) is 32.0 Å². The molecular weight excluding hydrogens is 1290 g/mol. The number of nitrogens with one attached hydrogen (secondary N) is 1. The summed E-state index contributed by atoms with van der Waals surface area (Å²) < 4.78 is 23.0. The van der Waals surface area contributed by atoms with Gasteiger partial charge in [-0.25, -0.2) is 0 Å². The van der Waals surface area contributed by atoms with Crippen LogP contribution >= 0.6 is 0 Å². The van der Waals surface area contributed by atoms with Crippen molar-refractivity contribution >= 4 is 5.91 Å². The number of aliphatic hydroxyl groups is 8. The summed E-state index contributed by atoms with van der Waals surface area (Å²) in [6.45, 7) is 2.81. The van der Waals surface area contributed by atoms with E-state index in [1.165, 1.54) is 276 Å². The van der Waals surface area contributed by atoms with Gasteiger partial charge in [0.15, 0.2) is 12.6 Å². The molecule has 0 aromatic heterocycles. The largest absolute Gasteiger partial charge is 0.394 e. The number of carbonyl (C=O) groups is 1. The quantitative estimate of drug-likeness (QED) is 0.0204. The topological polar surface area (TPSA) is 228 Å². The smallest absolute Gasteiger partial charge is 0.220 e. The van der Waals surface area contributed by atoms with Crippen LogP contribution in [0.25, 0.3) is 0 Å². The lowest BCUT2D eigenvalue weighted by Gasteiger charge is -2.46. The highest BCUT2D eigenvalue weighted by atomic mass is 16.7. The zero-order chi connectivity index (χ0) is 74.4. The summed E-state index contributed by atoms with van der Waals surface area (Å²) in [7, 11) is 0. The molecule has 2 fully saturated rings. The molecule has 0 bridgehead atoms. The summed E-state index contributed by atoms with van der Waals surface area (Å²) in [4.78, 5) is 13.4. The molecule has 14 nitrogen and oxygen atoms in total. The molecule has 2 saturated heterocycles. The van der Waals surface area contributed by atoms with E-state index in [2.05, 4.69) is 92.1 Å². The van der Waals surface area contributed by atoms with Gasteiger partial charge in [-0.05, 0) is 64.2 Å². The second-order valence-corrected chi connectivity index (χ2v) is 30.6. The van der Waals surface area contributed by atoms with Crippen molar-refractivity contribution < 1.29 is 64.6 Å². The molecule has 12 atom stereocenters. The molecule has 0 spiro atoms. The van der Waals surface area contributed by atoms with Crippen molar-refractivity contribution in [1.82, 2.24) is 5.32 Å². The van der Waals surface area contributed by atoms with Crippen LogP contribution in [-0.2, 0) is 23.7 Å². The average molecular weight is 1460 g/mol. The Morgan fingerprint density at radius 1 is 0.359 bits per heavy atom. The minimum Gasteiger partial charge on any atom is -0.394 e. The Bertz CT molecular complexity index is 2010. The number of unbranched alkanes of at least 4 members (excludes halogenated alkanes) is 49. The van der Waals surface area contributed by atoms with E-state index in [0.29, 0.717) is 12.8 Å². The molecule has 2 aliphatic heterocycles. The van der Waals surface area contributed by atoms with Crippen LogP contribution in [0.1, 0.15) is 393 Å². The standard InChI is InChI=1S/C89H163NO13/c1-3-5-7-9-11-13-15-17-19-21-23-25-27-29-31-33-35-37-38-39-40-41-43-45-47-49-51-53-55-57-59-61-63-65-67-69-71-73-81(94)90-77(76-100-88-86(99)84(97)87(80(75-92)102-88)103-89-85(98)83(96)82(95)79(74-91)101-89)78(93)72-70-68-66-64-62-60-58-56-54-52-50-48-46-44-42-36-34-32-30-28-26-24-22-20-18-16-14-12-10-8-6-4-2/h5,7,11,13,17,19,23,25,29,31,35,37,77-80,82-89,91-93,95-99H,3-4,6,8-10,12,14-16,18,20-22,24,26-28,30,32-34,36,38-76H2,1-2H3,(H,90,94)/b7-5-,13-11-,19-17-,25-23-,31-29-,37-35-. The van der Waals surface area contributed by atoms with Gasteiger partial charge in [-0.15, -0.1) is 0 Å². The van der Waals surface area contributed by atoms with Gasteiger partial charge in [-0.1, -0.05) is 395 Å². The number of hydrogen-bond donors (Lipinski definition) is 9. The van der Waals surface area contributed by atoms with Gasteiger partial charge in [-0.2, -0.15) is 0 Å². The molecule has 0 aromatic rings. The van der Waals surface area contributed by atoms with Crippen LogP contribution in [0, 0.1) is 0 Å². The van der Waals surface area contributed by atoms with Crippen molar-refractivity contribution in [3.8, 4) is 0 Å². The van der Waals surface area contributed by atoms with Gasteiger partial charge in [0.25, 0.3) is 0 Å². The summed E-state index contributed by atoms with van der Waals surface area (Å²) in [5.41, 5.74) is 0. The average Bonchev–Trinajstić information content (AvgIpc) is 0.791. The summed E-state index contributed by atoms with van der Waals surface area (Å²) in [6.07, 6.45) is 83.9. The fourth-order valence-electron chi connectivity index (χ4n) is 14.4. The first-order valence-electron chi connectivity index (χ1n) is 43.7. The van der Waals surface area contributed by atoms with Gasteiger partial charge in [-0.3, -0.25) is 4.79 Å². The highest BCUT2D eigenvalue weighted by molar-refractivity contribution is 5.76. The Labute approximate surface area is 631 Å². The van der Waals surface area contributed by atoms with Crippen LogP contribution in [-0.4, -0.2) is 140 Å². The fraction of sp³-hybridized carbons (Fsp3) is 0.854. The first-order chi connectivity index (χ1) is 50.6. The van der Waals surface area contributed by atoms with E-state index in [1.54, 1.807) is 0 Å². The summed E-state index contributed by atoms with van der Waals surface area (Å²) >= 11 is 0. The van der Waals surface area contributed by atoms with Crippen LogP contribution in [0.3, 0.4) is 0 Å². The van der Waals surface area contributed by atoms with Crippen molar-refractivity contribution in [1.29, 1.82) is 0 Å². The molecule has 103 heavy (non-hydrogen) atoms. The van der Waals surface area contributed by atoms with Crippen molar-refractivity contribution in [2.75, 3.05) is 19.8 Å². The number of carbonyl (C=O) groups excluding carboxylic acids is 1. The van der Waals surface area contributed by atoms with E-state index in [9.17, 15) is 45.6 Å². The summed E-state index contributed by atoms with van der Waals surface area (Å²) in [5.74, 6) is -0.200. The van der Waals surface area contributed by atoms with Crippen molar-refractivity contribution in [3.05, 3.63) is 72.9 Å². The molecule has 0 aliphatic carbocycles. The van der Waals surface area contributed by atoms with Crippen LogP contribution in [0.4, 0.5) is 0 Å². The lowest BCUT2D eigenvalue weighted by Crippen LogP contribution is -2.65. The molecule has 2 aliphatic rings. The van der Waals surface area contributed by atoms with E-state index >= 15 is 0 Å². The molecule has 602 valence electrons. The van der Waals surface area contributed by atoms with Crippen LogP contribution in [0.15, 0.2) is 72.9 Å².